The molecule has 0 unspecified atom stereocenters. The maximum atomic E-state index is 13.4. The minimum Gasteiger partial charge on any atom is -0.483 e. The Bertz CT molecular complexity index is 1110. The number of amides is 2. The molecule has 0 saturated heterocycles. The zero-order valence-electron chi connectivity index (χ0n) is 20.1. The summed E-state index contributed by atoms with van der Waals surface area (Å²) in [6.45, 7) is 4.07. The Labute approximate surface area is 202 Å². The highest BCUT2D eigenvalue weighted by Gasteiger charge is 2.28. The molecule has 5 heteroatoms. The predicted octanol–water partition coefficient (Wildman–Crippen LogP) is 5.39. The molecule has 1 aliphatic rings. The van der Waals surface area contributed by atoms with Gasteiger partial charge in [0, 0.05) is 18.0 Å². The van der Waals surface area contributed by atoms with Crippen molar-refractivity contribution in [2.75, 3.05) is 6.61 Å². The van der Waals surface area contributed by atoms with Crippen molar-refractivity contribution in [1.82, 2.24) is 10.2 Å². The molecule has 0 aliphatic heterocycles. The van der Waals surface area contributed by atoms with E-state index in [1.54, 1.807) is 4.90 Å². The van der Waals surface area contributed by atoms with Gasteiger partial charge >= 0.3 is 0 Å². The second-order valence-corrected chi connectivity index (χ2v) is 9.29. The van der Waals surface area contributed by atoms with Gasteiger partial charge in [-0.05, 0) is 43.7 Å². The fourth-order valence-corrected chi connectivity index (χ4v) is 4.59. The second kappa shape index (κ2) is 11.2. The molecule has 0 spiro atoms. The molecule has 5 nitrogen and oxygen atoms in total. The molecule has 2 amide bonds. The van der Waals surface area contributed by atoms with Crippen molar-refractivity contribution in [1.29, 1.82) is 0 Å². The lowest BCUT2D eigenvalue weighted by atomic mass is 9.95. The van der Waals surface area contributed by atoms with Gasteiger partial charge in [0.2, 0.25) is 5.91 Å². The van der Waals surface area contributed by atoms with Crippen molar-refractivity contribution in [3.05, 3.63) is 77.9 Å². The van der Waals surface area contributed by atoms with E-state index in [2.05, 4.69) is 5.32 Å². The van der Waals surface area contributed by atoms with Crippen LogP contribution in [0.4, 0.5) is 0 Å². The van der Waals surface area contributed by atoms with Gasteiger partial charge in [0.05, 0.1) is 0 Å². The Morgan fingerprint density at radius 3 is 2.44 bits per heavy atom. The van der Waals surface area contributed by atoms with Crippen LogP contribution in [-0.4, -0.2) is 35.4 Å². The van der Waals surface area contributed by atoms with E-state index in [0.717, 1.165) is 47.6 Å². The summed E-state index contributed by atoms with van der Waals surface area (Å²) in [5.41, 5.74) is 2.14. The van der Waals surface area contributed by atoms with Crippen molar-refractivity contribution in [3.8, 4) is 5.75 Å². The van der Waals surface area contributed by atoms with Gasteiger partial charge in [-0.15, -0.1) is 0 Å². The largest absolute Gasteiger partial charge is 0.483 e. The monoisotopic (exact) mass is 458 g/mol. The Morgan fingerprint density at radius 1 is 0.971 bits per heavy atom. The van der Waals surface area contributed by atoms with Crippen LogP contribution >= 0.6 is 0 Å². The minimum atomic E-state index is -0.591. The third-order valence-corrected chi connectivity index (χ3v) is 6.69. The number of fused-ring (bicyclic) bond motifs is 1. The molecule has 3 aromatic carbocycles. The fraction of sp³-hybridized carbons (Fsp3) is 0.379. The molecule has 0 bridgehead atoms. The van der Waals surface area contributed by atoms with Gasteiger partial charge in [-0.25, -0.2) is 0 Å². The van der Waals surface area contributed by atoms with Crippen molar-refractivity contribution in [2.45, 2.75) is 64.6 Å². The van der Waals surface area contributed by atoms with E-state index >= 15 is 0 Å². The topological polar surface area (TPSA) is 58.6 Å². The van der Waals surface area contributed by atoms with Crippen LogP contribution in [0.1, 0.15) is 50.2 Å². The molecule has 178 valence electrons. The third kappa shape index (κ3) is 5.96. The van der Waals surface area contributed by atoms with E-state index in [1.165, 1.54) is 6.42 Å². The molecule has 0 radical (unpaired) electrons. The highest BCUT2D eigenvalue weighted by atomic mass is 16.5. The number of nitrogens with zero attached hydrogens (tertiary/aromatic N) is 1. The molecule has 0 heterocycles. The molecule has 1 atom stereocenters. The van der Waals surface area contributed by atoms with Crippen LogP contribution in [0.3, 0.4) is 0 Å². The van der Waals surface area contributed by atoms with Gasteiger partial charge in [-0.1, -0.05) is 85.5 Å². The van der Waals surface area contributed by atoms with Gasteiger partial charge in [-0.2, -0.15) is 0 Å². The molecule has 0 aromatic heterocycles. The first-order chi connectivity index (χ1) is 16.5. The van der Waals surface area contributed by atoms with Crippen LogP contribution < -0.4 is 10.1 Å². The zero-order valence-corrected chi connectivity index (χ0v) is 20.1. The minimum absolute atomic E-state index is 0.0995. The maximum Gasteiger partial charge on any atom is 0.261 e. The first-order valence-corrected chi connectivity index (χ1v) is 12.3. The standard InChI is InChI=1S/C29H34N2O3/c1-21-15-17-23(18-16-21)19-31(22(2)29(33)30-25-11-4-3-5-12-25)28(32)20-34-27-14-8-10-24-9-6-7-13-26(24)27/h6-10,13-18,22,25H,3-5,11-12,19-20H2,1-2H3,(H,30,33)/t22-/m0/s1. The second-order valence-electron chi connectivity index (χ2n) is 9.29. The normalized spacial score (nSPS) is 15.0. The predicted molar refractivity (Wildman–Crippen MR) is 136 cm³/mol. The van der Waals surface area contributed by atoms with Gasteiger partial charge < -0.3 is 15.0 Å². The third-order valence-electron chi connectivity index (χ3n) is 6.69. The van der Waals surface area contributed by atoms with Crippen molar-refractivity contribution >= 4 is 22.6 Å². The molecule has 1 saturated carbocycles. The summed E-state index contributed by atoms with van der Waals surface area (Å²) >= 11 is 0. The number of hydrogen-bond acceptors (Lipinski definition) is 3. The molecular weight excluding hydrogens is 424 g/mol. The highest BCUT2D eigenvalue weighted by Crippen LogP contribution is 2.25. The number of rotatable bonds is 8. The van der Waals surface area contributed by atoms with Crippen LogP contribution in [0.2, 0.25) is 0 Å². The van der Waals surface area contributed by atoms with Crippen LogP contribution in [0.25, 0.3) is 10.8 Å². The van der Waals surface area contributed by atoms with Crippen molar-refractivity contribution in [3.63, 3.8) is 0 Å². The SMILES string of the molecule is Cc1ccc(CN(C(=O)COc2cccc3ccccc23)[C@@H](C)C(=O)NC2CCCCC2)cc1. The van der Waals surface area contributed by atoms with Gasteiger partial charge in [0.15, 0.2) is 6.61 Å². The van der Waals surface area contributed by atoms with E-state index in [4.69, 9.17) is 4.74 Å². The van der Waals surface area contributed by atoms with Gasteiger partial charge in [0.1, 0.15) is 11.8 Å². The fourth-order valence-electron chi connectivity index (χ4n) is 4.59. The van der Waals surface area contributed by atoms with Crippen LogP contribution in [0.5, 0.6) is 5.75 Å². The number of carbonyl (C=O) groups is 2. The first kappa shape index (κ1) is 23.8. The van der Waals surface area contributed by atoms with Crippen LogP contribution in [-0.2, 0) is 16.1 Å². The zero-order chi connectivity index (χ0) is 23.9. The molecule has 34 heavy (non-hydrogen) atoms. The smallest absolute Gasteiger partial charge is 0.261 e. The lowest BCUT2D eigenvalue weighted by Crippen LogP contribution is -2.51. The van der Waals surface area contributed by atoms with E-state index in [9.17, 15) is 9.59 Å². The lowest BCUT2D eigenvalue weighted by molar-refractivity contribution is -0.142. The van der Waals surface area contributed by atoms with E-state index in [-0.39, 0.29) is 24.5 Å². The number of benzene rings is 3. The molecule has 3 aromatic rings. The summed E-state index contributed by atoms with van der Waals surface area (Å²) in [6.07, 6.45) is 5.53. The summed E-state index contributed by atoms with van der Waals surface area (Å²) in [4.78, 5) is 28.1. The summed E-state index contributed by atoms with van der Waals surface area (Å²) < 4.78 is 5.98. The summed E-state index contributed by atoms with van der Waals surface area (Å²) in [6, 6.07) is 21.4. The average Bonchev–Trinajstić information content (AvgIpc) is 2.87. The molecule has 1 N–H and O–H groups in total. The molecule has 1 fully saturated rings. The number of carbonyl (C=O) groups excluding carboxylic acids is 2. The van der Waals surface area contributed by atoms with E-state index < -0.39 is 6.04 Å². The van der Waals surface area contributed by atoms with E-state index in [0.29, 0.717) is 12.3 Å². The van der Waals surface area contributed by atoms with Crippen molar-refractivity contribution < 1.29 is 14.3 Å². The first-order valence-electron chi connectivity index (χ1n) is 12.3. The van der Waals surface area contributed by atoms with Crippen LogP contribution in [0, 0.1) is 6.92 Å². The molecule has 4 rings (SSSR count). The Hall–Kier alpha value is -3.34. The lowest BCUT2D eigenvalue weighted by Gasteiger charge is -2.31. The van der Waals surface area contributed by atoms with Crippen molar-refractivity contribution in [2.24, 2.45) is 0 Å². The Morgan fingerprint density at radius 2 is 1.68 bits per heavy atom. The summed E-state index contributed by atoms with van der Waals surface area (Å²) in [7, 11) is 0. The molecular formula is C29H34N2O3. The number of hydrogen-bond donors (Lipinski definition) is 1. The average molecular weight is 459 g/mol. The Balaban J connectivity index is 1.49. The maximum absolute atomic E-state index is 13.4. The number of ether oxygens (including phenoxy) is 1. The number of nitrogens with one attached hydrogen (secondary N) is 1. The highest BCUT2D eigenvalue weighted by molar-refractivity contribution is 5.90. The van der Waals surface area contributed by atoms with E-state index in [1.807, 2.05) is 80.6 Å². The van der Waals surface area contributed by atoms with Crippen LogP contribution in [0.15, 0.2) is 66.7 Å². The summed E-state index contributed by atoms with van der Waals surface area (Å²) in [5, 5.41) is 5.20. The quantitative estimate of drug-likeness (QED) is 0.492. The molecule has 1 aliphatic carbocycles. The van der Waals surface area contributed by atoms with Gasteiger partial charge in [0.25, 0.3) is 5.91 Å². The summed E-state index contributed by atoms with van der Waals surface area (Å²) in [5.74, 6) is 0.360. The number of aryl methyl sites for hydroxylation is 1. The Kier molecular flexibility index (Phi) is 7.84. The van der Waals surface area contributed by atoms with Gasteiger partial charge in [-0.3, -0.25) is 9.59 Å².